The fraction of sp³-hybridized carbons (Fsp3) is 0.214. The number of aliphatic hydroxyl groups excluding tert-OH is 2. The number of benzene rings is 1. The molecule has 0 spiro atoms. The topological polar surface area (TPSA) is 87.0 Å². The Bertz CT molecular complexity index is 579. The molecular formula is C14H14O5S. The zero-order valence-corrected chi connectivity index (χ0v) is 11.3. The molecule has 0 aliphatic carbocycles. The molecule has 0 saturated carbocycles. The Morgan fingerprint density at radius 2 is 2.00 bits per heavy atom. The lowest BCUT2D eigenvalue weighted by atomic mass is 10.1. The third-order valence-electron chi connectivity index (χ3n) is 2.66. The third-order valence-corrected chi connectivity index (χ3v) is 3.60. The lowest BCUT2D eigenvalue weighted by molar-refractivity contribution is 0.0524. The van der Waals surface area contributed by atoms with Crippen LogP contribution in [0.1, 0.15) is 9.67 Å². The van der Waals surface area contributed by atoms with Crippen LogP contribution in [0.3, 0.4) is 0 Å². The van der Waals surface area contributed by atoms with Crippen molar-refractivity contribution in [2.45, 2.75) is 6.10 Å². The molecule has 1 unspecified atom stereocenters. The largest absolute Gasteiger partial charge is 0.488 e. The maximum Gasteiger partial charge on any atom is 0.349 e. The van der Waals surface area contributed by atoms with Crippen molar-refractivity contribution in [3.63, 3.8) is 0 Å². The van der Waals surface area contributed by atoms with E-state index >= 15 is 0 Å². The molecule has 106 valence electrons. The number of carboxylic acid groups (broad SMARTS) is 1. The molecule has 1 atom stereocenters. The summed E-state index contributed by atoms with van der Waals surface area (Å²) in [7, 11) is 0. The van der Waals surface area contributed by atoms with E-state index in [1.165, 1.54) is 0 Å². The summed E-state index contributed by atoms with van der Waals surface area (Å²) in [6, 6.07) is 9.26. The number of aromatic carboxylic acids is 1. The molecule has 0 bridgehead atoms. The monoisotopic (exact) mass is 294 g/mol. The van der Waals surface area contributed by atoms with Crippen LogP contribution in [-0.4, -0.2) is 40.6 Å². The maximum atomic E-state index is 11.2. The summed E-state index contributed by atoms with van der Waals surface area (Å²) in [5.41, 5.74) is 1.50. The highest BCUT2D eigenvalue weighted by molar-refractivity contribution is 7.12. The van der Waals surface area contributed by atoms with Gasteiger partial charge >= 0.3 is 5.97 Å². The van der Waals surface area contributed by atoms with E-state index < -0.39 is 18.7 Å². The van der Waals surface area contributed by atoms with Gasteiger partial charge in [0.15, 0.2) is 10.6 Å². The predicted octanol–water partition coefficient (Wildman–Crippen LogP) is 1.85. The fourth-order valence-corrected chi connectivity index (χ4v) is 2.54. The van der Waals surface area contributed by atoms with E-state index in [4.69, 9.17) is 14.9 Å². The Morgan fingerprint density at radius 1 is 1.30 bits per heavy atom. The smallest absolute Gasteiger partial charge is 0.349 e. The number of aliphatic hydroxyl groups is 2. The second kappa shape index (κ2) is 6.51. The van der Waals surface area contributed by atoms with Gasteiger partial charge in [-0.05, 0) is 5.56 Å². The molecule has 1 heterocycles. The van der Waals surface area contributed by atoms with Gasteiger partial charge in [-0.1, -0.05) is 30.3 Å². The minimum atomic E-state index is -1.08. The quantitative estimate of drug-likeness (QED) is 0.757. The molecule has 1 aromatic carbocycles. The van der Waals surface area contributed by atoms with Crippen molar-refractivity contribution in [1.82, 2.24) is 0 Å². The number of carboxylic acids is 1. The van der Waals surface area contributed by atoms with Crippen LogP contribution in [0.2, 0.25) is 0 Å². The lowest BCUT2D eigenvalue weighted by Gasteiger charge is -2.11. The Balaban J connectivity index is 2.35. The average molecular weight is 294 g/mol. The van der Waals surface area contributed by atoms with Gasteiger partial charge in [-0.15, -0.1) is 11.3 Å². The van der Waals surface area contributed by atoms with Gasteiger partial charge in [0.2, 0.25) is 0 Å². The molecule has 2 aromatic rings. The van der Waals surface area contributed by atoms with Crippen molar-refractivity contribution in [3.05, 3.63) is 40.6 Å². The minimum absolute atomic E-state index is 0.0778. The van der Waals surface area contributed by atoms with Crippen molar-refractivity contribution in [3.8, 4) is 16.9 Å². The third kappa shape index (κ3) is 3.16. The van der Waals surface area contributed by atoms with E-state index in [1.807, 2.05) is 30.3 Å². The molecule has 6 heteroatoms. The highest BCUT2D eigenvalue weighted by Gasteiger charge is 2.20. The van der Waals surface area contributed by atoms with E-state index in [2.05, 4.69) is 0 Å². The number of hydrogen-bond acceptors (Lipinski definition) is 5. The zero-order valence-electron chi connectivity index (χ0n) is 10.5. The first-order chi connectivity index (χ1) is 9.63. The van der Waals surface area contributed by atoms with Crippen LogP contribution in [-0.2, 0) is 0 Å². The molecule has 3 N–H and O–H groups in total. The van der Waals surface area contributed by atoms with E-state index in [-0.39, 0.29) is 17.2 Å². The highest BCUT2D eigenvalue weighted by atomic mass is 32.1. The number of carbonyl (C=O) groups is 1. The average Bonchev–Trinajstić information content (AvgIpc) is 2.89. The number of hydrogen-bond donors (Lipinski definition) is 3. The molecule has 20 heavy (non-hydrogen) atoms. The normalized spacial score (nSPS) is 12.1. The lowest BCUT2D eigenvalue weighted by Crippen LogP contribution is -2.21. The summed E-state index contributed by atoms with van der Waals surface area (Å²) >= 11 is 1.07. The van der Waals surface area contributed by atoms with Crippen molar-refractivity contribution in [2.75, 3.05) is 13.2 Å². The zero-order chi connectivity index (χ0) is 14.5. The van der Waals surface area contributed by atoms with Gasteiger partial charge in [-0.25, -0.2) is 4.79 Å². The van der Waals surface area contributed by atoms with Crippen LogP contribution in [0.5, 0.6) is 5.75 Å². The molecule has 0 amide bonds. The van der Waals surface area contributed by atoms with Crippen LogP contribution >= 0.6 is 11.3 Å². The Morgan fingerprint density at radius 3 is 2.60 bits per heavy atom. The highest BCUT2D eigenvalue weighted by Crippen LogP contribution is 2.38. The molecule has 5 nitrogen and oxygen atoms in total. The van der Waals surface area contributed by atoms with Crippen molar-refractivity contribution in [1.29, 1.82) is 0 Å². The van der Waals surface area contributed by atoms with Crippen LogP contribution in [0.15, 0.2) is 35.7 Å². The molecule has 0 aliphatic rings. The van der Waals surface area contributed by atoms with E-state index in [0.29, 0.717) is 5.56 Å². The van der Waals surface area contributed by atoms with Crippen molar-refractivity contribution >= 4 is 17.3 Å². The van der Waals surface area contributed by atoms with Gasteiger partial charge in [0.05, 0.1) is 6.61 Å². The van der Waals surface area contributed by atoms with Gasteiger partial charge in [0, 0.05) is 10.9 Å². The summed E-state index contributed by atoms with van der Waals surface area (Å²) in [5.74, 6) is -0.855. The Kier molecular flexibility index (Phi) is 4.73. The second-order valence-corrected chi connectivity index (χ2v) is 5.01. The predicted molar refractivity (Wildman–Crippen MR) is 75.3 cm³/mol. The number of rotatable bonds is 6. The maximum absolute atomic E-state index is 11.2. The van der Waals surface area contributed by atoms with Crippen LogP contribution < -0.4 is 4.74 Å². The first-order valence-electron chi connectivity index (χ1n) is 5.95. The fourth-order valence-electron chi connectivity index (χ4n) is 1.69. The van der Waals surface area contributed by atoms with Gasteiger partial charge in [0.25, 0.3) is 0 Å². The van der Waals surface area contributed by atoms with Crippen LogP contribution in [0.25, 0.3) is 11.1 Å². The van der Waals surface area contributed by atoms with Gasteiger partial charge < -0.3 is 20.1 Å². The Labute approximate surface area is 119 Å². The van der Waals surface area contributed by atoms with Crippen molar-refractivity contribution < 1.29 is 24.9 Å². The van der Waals surface area contributed by atoms with Crippen LogP contribution in [0, 0.1) is 0 Å². The summed E-state index contributed by atoms with van der Waals surface area (Å²) in [6.07, 6.45) is -1.04. The second-order valence-electron chi connectivity index (χ2n) is 4.13. The molecule has 1 aromatic heterocycles. The van der Waals surface area contributed by atoms with Gasteiger partial charge in [-0.2, -0.15) is 0 Å². The molecule has 0 radical (unpaired) electrons. The molecule has 2 rings (SSSR count). The van der Waals surface area contributed by atoms with Crippen molar-refractivity contribution in [2.24, 2.45) is 0 Å². The summed E-state index contributed by atoms with van der Waals surface area (Å²) in [5, 5.41) is 29.0. The van der Waals surface area contributed by atoms with E-state index in [1.54, 1.807) is 5.38 Å². The van der Waals surface area contributed by atoms with E-state index in [0.717, 1.165) is 16.9 Å². The first-order valence-corrected chi connectivity index (χ1v) is 6.83. The van der Waals surface area contributed by atoms with E-state index in [9.17, 15) is 9.90 Å². The van der Waals surface area contributed by atoms with Gasteiger partial charge in [-0.3, -0.25) is 0 Å². The SMILES string of the molecule is O=C(O)c1scc(-c2ccccc2)c1OCC(O)CO. The number of ether oxygens (including phenoxy) is 1. The Hall–Kier alpha value is -1.89. The minimum Gasteiger partial charge on any atom is -0.488 e. The molecule has 0 fully saturated rings. The summed E-state index contributed by atoms with van der Waals surface area (Å²) < 4.78 is 5.40. The van der Waals surface area contributed by atoms with Crippen LogP contribution in [0.4, 0.5) is 0 Å². The first kappa shape index (κ1) is 14.5. The van der Waals surface area contributed by atoms with Gasteiger partial charge in [0.1, 0.15) is 12.7 Å². The molecular weight excluding hydrogens is 280 g/mol. The summed E-state index contributed by atoms with van der Waals surface area (Å²) in [4.78, 5) is 11.3. The summed E-state index contributed by atoms with van der Waals surface area (Å²) in [6.45, 7) is -0.597. The molecule has 0 aliphatic heterocycles. The standard InChI is InChI=1S/C14H14O5S/c15-6-10(16)7-19-12-11(8-20-13(12)14(17)18)9-4-2-1-3-5-9/h1-5,8,10,15-16H,6-7H2,(H,17,18). The number of thiophene rings is 1. The molecule has 0 saturated heterocycles.